The highest BCUT2D eigenvalue weighted by molar-refractivity contribution is 5.89. The Balaban J connectivity index is 2.71. The van der Waals surface area contributed by atoms with Gasteiger partial charge in [0, 0.05) is 32.4 Å². The van der Waals surface area contributed by atoms with Crippen molar-refractivity contribution >= 4 is 11.6 Å². The number of amides is 1. The standard InChI is InChI=1S/C15H17N3O3/c1-9-13(14(20)18(4)15(21)17(9)3)11-6-5-7-12(8-11)16-10(2)19/h5-8H,1-4H3,(H,16,19). The maximum absolute atomic E-state index is 12.4. The van der Waals surface area contributed by atoms with Crippen molar-refractivity contribution in [2.24, 2.45) is 14.1 Å². The van der Waals surface area contributed by atoms with Gasteiger partial charge in [-0.05, 0) is 24.6 Å². The van der Waals surface area contributed by atoms with Crippen LogP contribution < -0.4 is 16.6 Å². The van der Waals surface area contributed by atoms with Crippen molar-refractivity contribution in [2.75, 3.05) is 5.32 Å². The van der Waals surface area contributed by atoms with Crippen molar-refractivity contribution in [2.45, 2.75) is 13.8 Å². The van der Waals surface area contributed by atoms with E-state index in [4.69, 9.17) is 0 Å². The number of aromatic nitrogens is 2. The Labute approximate surface area is 121 Å². The zero-order valence-electron chi connectivity index (χ0n) is 12.4. The van der Waals surface area contributed by atoms with Gasteiger partial charge in [-0.1, -0.05) is 12.1 Å². The molecule has 0 aliphatic heterocycles. The molecule has 0 saturated carbocycles. The molecule has 2 aromatic rings. The molecule has 0 fully saturated rings. The summed E-state index contributed by atoms with van der Waals surface area (Å²) in [4.78, 5) is 35.4. The predicted octanol–water partition coefficient (Wildman–Crippen LogP) is 1.02. The van der Waals surface area contributed by atoms with Crippen LogP contribution in [-0.4, -0.2) is 15.0 Å². The summed E-state index contributed by atoms with van der Waals surface area (Å²) in [6.07, 6.45) is 0. The molecule has 0 unspecified atom stereocenters. The second-order valence-electron chi connectivity index (χ2n) is 4.93. The molecule has 0 aliphatic carbocycles. The van der Waals surface area contributed by atoms with Crippen LogP contribution in [0.4, 0.5) is 5.69 Å². The number of nitrogens with one attached hydrogen (secondary N) is 1. The van der Waals surface area contributed by atoms with E-state index < -0.39 is 0 Å². The zero-order chi connectivity index (χ0) is 15.7. The van der Waals surface area contributed by atoms with Gasteiger partial charge in [-0.2, -0.15) is 0 Å². The van der Waals surface area contributed by atoms with Crippen molar-refractivity contribution in [3.63, 3.8) is 0 Å². The summed E-state index contributed by atoms with van der Waals surface area (Å²) in [5, 5.41) is 2.68. The highest BCUT2D eigenvalue weighted by atomic mass is 16.2. The van der Waals surface area contributed by atoms with Gasteiger partial charge in [0.1, 0.15) is 0 Å². The molecule has 0 atom stereocenters. The molecule has 1 heterocycles. The van der Waals surface area contributed by atoms with Gasteiger partial charge in [-0.15, -0.1) is 0 Å². The van der Waals surface area contributed by atoms with Gasteiger partial charge in [0.05, 0.1) is 5.56 Å². The lowest BCUT2D eigenvalue weighted by Gasteiger charge is -2.13. The molecule has 2 rings (SSSR count). The first kappa shape index (κ1) is 14.8. The molecule has 21 heavy (non-hydrogen) atoms. The Morgan fingerprint density at radius 3 is 2.43 bits per heavy atom. The molecule has 6 heteroatoms. The zero-order valence-corrected chi connectivity index (χ0v) is 12.4. The number of hydrogen-bond acceptors (Lipinski definition) is 3. The van der Waals surface area contributed by atoms with E-state index in [-0.39, 0.29) is 17.2 Å². The van der Waals surface area contributed by atoms with Gasteiger partial charge < -0.3 is 9.88 Å². The molecular formula is C15H17N3O3. The normalized spacial score (nSPS) is 10.5. The van der Waals surface area contributed by atoms with Gasteiger partial charge in [-0.25, -0.2) is 4.79 Å². The van der Waals surface area contributed by atoms with Crippen LogP contribution in [0.1, 0.15) is 12.6 Å². The third kappa shape index (κ3) is 2.65. The van der Waals surface area contributed by atoms with E-state index in [0.717, 1.165) is 4.57 Å². The van der Waals surface area contributed by atoms with E-state index in [0.29, 0.717) is 22.5 Å². The number of hydrogen-bond donors (Lipinski definition) is 1. The Hall–Kier alpha value is -2.63. The number of nitrogens with zero attached hydrogens (tertiary/aromatic N) is 2. The minimum absolute atomic E-state index is 0.183. The summed E-state index contributed by atoms with van der Waals surface area (Å²) in [5.41, 5.74) is 1.59. The lowest BCUT2D eigenvalue weighted by Crippen LogP contribution is -2.39. The largest absolute Gasteiger partial charge is 0.330 e. The Bertz CT molecular complexity index is 831. The smallest absolute Gasteiger partial charge is 0.326 e. The number of anilines is 1. The second-order valence-corrected chi connectivity index (χ2v) is 4.93. The van der Waals surface area contributed by atoms with Crippen molar-refractivity contribution < 1.29 is 4.79 Å². The third-order valence-electron chi connectivity index (χ3n) is 3.43. The van der Waals surface area contributed by atoms with Crippen LogP contribution in [0.3, 0.4) is 0 Å². The monoisotopic (exact) mass is 287 g/mol. The lowest BCUT2D eigenvalue weighted by atomic mass is 10.0. The molecule has 1 N–H and O–H groups in total. The summed E-state index contributed by atoms with van der Waals surface area (Å²) in [6.45, 7) is 3.15. The molecular weight excluding hydrogens is 270 g/mol. The van der Waals surface area contributed by atoms with Crippen LogP contribution in [0.5, 0.6) is 0 Å². The highest BCUT2D eigenvalue weighted by Gasteiger charge is 2.14. The van der Waals surface area contributed by atoms with Gasteiger partial charge in [0.15, 0.2) is 0 Å². The minimum atomic E-state index is -0.362. The molecule has 0 radical (unpaired) electrons. The minimum Gasteiger partial charge on any atom is -0.326 e. The quantitative estimate of drug-likeness (QED) is 0.896. The topological polar surface area (TPSA) is 73.1 Å². The fourth-order valence-electron chi connectivity index (χ4n) is 2.23. The van der Waals surface area contributed by atoms with E-state index >= 15 is 0 Å². The molecule has 6 nitrogen and oxygen atoms in total. The molecule has 1 amide bonds. The van der Waals surface area contributed by atoms with Crippen molar-refractivity contribution in [1.82, 2.24) is 9.13 Å². The van der Waals surface area contributed by atoms with E-state index in [9.17, 15) is 14.4 Å². The number of rotatable bonds is 2. The van der Waals surface area contributed by atoms with Gasteiger partial charge >= 0.3 is 5.69 Å². The fourth-order valence-corrected chi connectivity index (χ4v) is 2.23. The van der Waals surface area contributed by atoms with E-state index in [1.807, 2.05) is 0 Å². The predicted molar refractivity (Wildman–Crippen MR) is 81.4 cm³/mol. The van der Waals surface area contributed by atoms with Crippen LogP contribution in [0.25, 0.3) is 11.1 Å². The van der Waals surface area contributed by atoms with E-state index in [1.165, 1.54) is 18.5 Å². The first-order chi connectivity index (χ1) is 9.82. The summed E-state index contributed by atoms with van der Waals surface area (Å²) in [6, 6.07) is 6.99. The average Bonchev–Trinajstić information content (AvgIpc) is 2.43. The Morgan fingerprint density at radius 2 is 1.81 bits per heavy atom. The SMILES string of the molecule is CC(=O)Nc1cccc(-c2c(C)n(C)c(=O)n(C)c2=O)c1. The van der Waals surface area contributed by atoms with Gasteiger partial charge in [0.25, 0.3) is 5.56 Å². The summed E-state index contributed by atoms with van der Waals surface area (Å²) < 4.78 is 2.51. The molecule has 0 aliphatic rings. The van der Waals surface area contributed by atoms with Crippen LogP contribution in [0.2, 0.25) is 0 Å². The molecule has 0 spiro atoms. The van der Waals surface area contributed by atoms with E-state index in [1.54, 1.807) is 38.2 Å². The van der Waals surface area contributed by atoms with Crippen molar-refractivity contribution in [3.05, 3.63) is 50.8 Å². The third-order valence-corrected chi connectivity index (χ3v) is 3.43. The number of carbonyl (C=O) groups is 1. The first-order valence-corrected chi connectivity index (χ1v) is 6.47. The van der Waals surface area contributed by atoms with E-state index in [2.05, 4.69) is 5.32 Å². The Morgan fingerprint density at radius 1 is 1.14 bits per heavy atom. The van der Waals surface area contributed by atoms with Gasteiger partial charge in [0.2, 0.25) is 5.91 Å². The van der Waals surface area contributed by atoms with Crippen molar-refractivity contribution in [3.8, 4) is 11.1 Å². The van der Waals surface area contributed by atoms with Crippen LogP contribution in [0, 0.1) is 6.92 Å². The molecule has 1 aromatic heterocycles. The van der Waals surface area contributed by atoms with Crippen LogP contribution >= 0.6 is 0 Å². The van der Waals surface area contributed by atoms with Crippen LogP contribution in [-0.2, 0) is 18.9 Å². The van der Waals surface area contributed by atoms with Gasteiger partial charge in [-0.3, -0.25) is 14.2 Å². The first-order valence-electron chi connectivity index (χ1n) is 6.47. The van der Waals surface area contributed by atoms with Crippen LogP contribution in [0.15, 0.2) is 33.9 Å². The molecule has 0 saturated heterocycles. The summed E-state index contributed by atoms with van der Waals surface area (Å²) >= 11 is 0. The number of carbonyl (C=O) groups excluding carboxylic acids is 1. The maximum Gasteiger partial charge on any atom is 0.330 e. The Kier molecular flexibility index (Phi) is 3.80. The summed E-state index contributed by atoms with van der Waals surface area (Å²) in [7, 11) is 3.07. The number of benzene rings is 1. The highest BCUT2D eigenvalue weighted by Crippen LogP contribution is 2.21. The molecule has 110 valence electrons. The molecule has 1 aromatic carbocycles. The average molecular weight is 287 g/mol. The van der Waals surface area contributed by atoms with Crippen molar-refractivity contribution in [1.29, 1.82) is 0 Å². The second kappa shape index (κ2) is 5.40. The maximum atomic E-state index is 12.4. The molecule has 0 bridgehead atoms. The fraction of sp³-hybridized carbons (Fsp3) is 0.267. The lowest BCUT2D eigenvalue weighted by molar-refractivity contribution is -0.114. The summed E-state index contributed by atoms with van der Waals surface area (Å²) in [5.74, 6) is -0.183.